The van der Waals surface area contributed by atoms with Crippen LogP contribution in [0.3, 0.4) is 0 Å². The molecule has 1 fully saturated rings. The van der Waals surface area contributed by atoms with Crippen LogP contribution >= 0.6 is 0 Å². The zero-order valence-corrected chi connectivity index (χ0v) is 10.9. The van der Waals surface area contributed by atoms with Gasteiger partial charge in [0.1, 0.15) is 0 Å². The molecule has 0 bridgehead atoms. The highest BCUT2D eigenvalue weighted by Gasteiger charge is 2.34. The van der Waals surface area contributed by atoms with Gasteiger partial charge in [-0.15, -0.1) is 0 Å². The van der Waals surface area contributed by atoms with Crippen molar-refractivity contribution in [2.24, 2.45) is 11.7 Å². The molecule has 0 spiro atoms. The summed E-state index contributed by atoms with van der Waals surface area (Å²) in [5.41, 5.74) is 6.68. The molecule has 0 amide bonds. The third kappa shape index (κ3) is 2.53. The normalized spacial score (nSPS) is 25.1. The van der Waals surface area contributed by atoms with E-state index >= 15 is 0 Å². The summed E-state index contributed by atoms with van der Waals surface area (Å²) in [6, 6.07) is 7.12. The van der Waals surface area contributed by atoms with Crippen LogP contribution in [0.4, 0.5) is 0 Å². The van der Waals surface area contributed by atoms with Crippen LogP contribution in [0.15, 0.2) is 29.2 Å². The molecule has 0 aliphatic heterocycles. The summed E-state index contributed by atoms with van der Waals surface area (Å²) in [7, 11) is -3.15. The van der Waals surface area contributed by atoms with Gasteiger partial charge < -0.3 is 5.73 Å². The van der Waals surface area contributed by atoms with E-state index in [1.54, 1.807) is 12.1 Å². The Hall–Kier alpha value is -0.870. The van der Waals surface area contributed by atoms with Crippen LogP contribution in [0.5, 0.6) is 0 Å². The van der Waals surface area contributed by atoms with Crippen molar-refractivity contribution in [3.8, 4) is 0 Å². The van der Waals surface area contributed by atoms with Crippen LogP contribution in [-0.4, -0.2) is 20.2 Å². The van der Waals surface area contributed by atoms with Gasteiger partial charge in [0.25, 0.3) is 0 Å². The SMILES string of the molecule is Cc1ccc(S(=O)(=O)C2CCC(CN)C2)cc1. The molecule has 2 N–H and O–H groups in total. The van der Waals surface area contributed by atoms with Gasteiger partial charge in [-0.25, -0.2) is 8.42 Å². The average molecular weight is 253 g/mol. The molecule has 2 unspecified atom stereocenters. The predicted octanol–water partition coefficient (Wildman–Crippen LogP) is 1.90. The maximum Gasteiger partial charge on any atom is 0.181 e. The summed E-state index contributed by atoms with van der Waals surface area (Å²) >= 11 is 0. The summed E-state index contributed by atoms with van der Waals surface area (Å²) in [5, 5.41) is -0.237. The molecule has 1 aromatic rings. The van der Waals surface area contributed by atoms with Gasteiger partial charge in [0.05, 0.1) is 10.1 Å². The standard InChI is InChI=1S/C13H19NO2S/c1-10-2-5-12(6-3-10)17(15,16)13-7-4-11(8-13)9-14/h2-3,5-6,11,13H,4,7-9,14H2,1H3. The van der Waals surface area contributed by atoms with Crippen LogP contribution in [-0.2, 0) is 9.84 Å². The Morgan fingerprint density at radius 2 is 1.88 bits per heavy atom. The quantitative estimate of drug-likeness (QED) is 0.895. The van der Waals surface area contributed by atoms with E-state index in [9.17, 15) is 8.42 Å². The van der Waals surface area contributed by atoms with Crippen molar-refractivity contribution in [1.82, 2.24) is 0 Å². The van der Waals surface area contributed by atoms with Crippen LogP contribution in [0, 0.1) is 12.8 Å². The summed E-state index contributed by atoms with van der Waals surface area (Å²) in [4.78, 5) is 0.450. The first-order valence-electron chi connectivity index (χ1n) is 6.04. The molecule has 0 aromatic heterocycles. The van der Waals surface area contributed by atoms with E-state index < -0.39 is 9.84 Å². The molecule has 0 heterocycles. The van der Waals surface area contributed by atoms with Crippen LogP contribution in [0.1, 0.15) is 24.8 Å². The second-order valence-corrected chi connectivity index (χ2v) is 7.12. The van der Waals surface area contributed by atoms with Gasteiger partial charge in [-0.2, -0.15) is 0 Å². The van der Waals surface area contributed by atoms with Crippen LogP contribution in [0.2, 0.25) is 0 Å². The second kappa shape index (κ2) is 4.78. The Bertz CT molecular complexity index is 479. The Balaban J connectivity index is 2.22. The lowest BCUT2D eigenvalue weighted by atomic mass is 10.1. The van der Waals surface area contributed by atoms with Gasteiger partial charge in [-0.05, 0) is 50.8 Å². The highest BCUT2D eigenvalue weighted by atomic mass is 32.2. The predicted molar refractivity (Wildman–Crippen MR) is 68.5 cm³/mol. The molecule has 0 radical (unpaired) electrons. The molecular weight excluding hydrogens is 234 g/mol. The minimum Gasteiger partial charge on any atom is -0.330 e. The number of aryl methyl sites for hydroxylation is 1. The first-order valence-corrected chi connectivity index (χ1v) is 7.59. The van der Waals surface area contributed by atoms with Crippen molar-refractivity contribution >= 4 is 9.84 Å². The maximum absolute atomic E-state index is 12.4. The Labute approximate surface area is 103 Å². The lowest BCUT2D eigenvalue weighted by molar-refractivity contribution is 0.551. The van der Waals surface area contributed by atoms with Crippen LogP contribution < -0.4 is 5.73 Å². The summed E-state index contributed by atoms with van der Waals surface area (Å²) in [5.74, 6) is 0.375. The molecule has 0 saturated heterocycles. The van der Waals surface area contributed by atoms with E-state index in [2.05, 4.69) is 0 Å². The summed E-state index contributed by atoms with van der Waals surface area (Å²) < 4.78 is 24.7. The van der Waals surface area contributed by atoms with E-state index in [0.717, 1.165) is 18.4 Å². The lowest BCUT2D eigenvalue weighted by Crippen LogP contribution is -2.20. The largest absolute Gasteiger partial charge is 0.330 e. The number of hydrogen-bond acceptors (Lipinski definition) is 3. The monoisotopic (exact) mass is 253 g/mol. The Kier molecular flexibility index (Phi) is 3.54. The van der Waals surface area contributed by atoms with Crippen LogP contribution in [0.25, 0.3) is 0 Å². The van der Waals surface area contributed by atoms with E-state index in [4.69, 9.17) is 5.73 Å². The van der Waals surface area contributed by atoms with Gasteiger partial charge in [0, 0.05) is 0 Å². The topological polar surface area (TPSA) is 60.2 Å². The van der Waals surface area contributed by atoms with Gasteiger partial charge in [-0.1, -0.05) is 17.7 Å². The molecule has 1 saturated carbocycles. The van der Waals surface area contributed by atoms with Gasteiger partial charge >= 0.3 is 0 Å². The Morgan fingerprint density at radius 1 is 1.24 bits per heavy atom. The molecule has 1 aliphatic rings. The molecule has 2 atom stereocenters. The molecule has 94 valence electrons. The van der Waals surface area contributed by atoms with E-state index in [1.807, 2.05) is 19.1 Å². The summed E-state index contributed by atoms with van der Waals surface area (Å²) in [6.45, 7) is 2.55. The molecular formula is C13H19NO2S. The average Bonchev–Trinajstić information content (AvgIpc) is 2.78. The molecule has 3 nitrogen and oxygen atoms in total. The Morgan fingerprint density at radius 3 is 2.41 bits per heavy atom. The van der Waals surface area contributed by atoms with Crippen molar-refractivity contribution in [1.29, 1.82) is 0 Å². The molecule has 4 heteroatoms. The highest BCUT2D eigenvalue weighted by molar-refractivity contribution is 7.92. The fourth-order valence-electron chi connectivity index (χ4n) is 2.45. The maximum atomic E-state index is 12.4. The fourth-order valence-corrected chi connectivity index (χ4v) is 4.32. The molecule has 1 aliphatic carbocycles. The minimum atomic E-state index is -3.15. The molecule has 2 rings (SSSR count). The van der Waals surface area contributed by atoms with Gasteiger partial charge in [0.2, 0.25) is 0 Å². The fraction of sp³-hybridized carbons (Fsp3) is 0.538. The van der Waals surface area contributed by atoms with Crippen molar-refractivity contribution in [2.45, 2.75) is 36.3 Å². The van der Waals surface area contributed by atoms with Crippen molar-refractivity contribution in [3.05, 3.63) is 29.8 Å². The smallest absolute Gasteiger partial charge is 0.181 e. The van der Waals surface area contributed by atoms with E-state index in [1.165, 1.54) is 0 Å². The number of hydrogen-bond donors (Lipinski definition) is 1. The molecule has 17 heavy (non-hydrogen) atoms. The highest BCUT2D eigenvalue weighted by Crippen LogP contribution is 2.33. The number of nitrogens with two attached hydrogens (primary N) is 1. The van der Waals surface area contributed by atoms with Crippen molar-refractivity contribution in [2.75, 3.05) is 6.54 Å². The van der Waals surface area contributed by atoms with Gasteiger partial charge in [0.15, 0.2) is 9.84 Å². The van der Waals surface area contributed by atoms with Gasteiger partial charge in [-0.3, -0.25) is 0 Å². The minimum absolute atomic E-state index is 0.237. The zero-order chi connectivity index (χ0) is 12.5. The summed E-state index contributed by atoms with van der Waals surface area (Å²) in [6.07, 6.45) is 2.40. The molecule has 1 aromatic carbocycles. The lowest BCUT2D eigenvalue weighted by Gasteiger charge is -2.12. The third-order valence-electron chi connectivity index (χ3n) is 3.61. The van der Waals surface area contributed by atoms with E-state index in [-0.39, 0.29) is 5.25 Å². The van der Waals surface area contributed by atoms with Crippen molar-refractivity contribution < 1.29 is 8.42 Å². The third-order valence-corrected chi connectivity index (χ3v) is 5.85. The van der Waals surface area contributed by atoms with Crippen molar-refractivity contribution in [3.63, 3.8) is 0 Å². The number of sulfone groups is 1. The second-order valence-electron chi connectivity index (χ2n) is 4.89. The number of rotatable bonds is 3. The first-order chi connectivity index (χ1) is 8.04. The number of benzene rings is 1. The van der Waals surface area contributed by atoms with E-state index in [0.29, 0.717) is 23.8 Å². The zero-order valence-electron chi connectivity index (χ0n) is 10.1. The first kappa shape index (κ1) is 12.6.